The zero-order chi connectivity index (χ0) is 18.7. The van der Waals surface area contributed by atoms with Crippen molar-refractivity contribution in [2.24, 2.45) is 0 Å². The molecule has 1 atom stereocenters. The van der Waals surface area contributed by atoms with Gasteiger partial charge in [-0.2, -0.15) is 0 Å². The molecule has 1 unspecified atom stereocenters. The number of rotatable bonds is 6. The first-order valence-corrected chi connectivity index (χ1v) is 8.48. The average Bonchev–Trinajstić information content (AvgIpc) is 3.05. The molecule has 4 nitrogen and oxygen atoms in total. The van der Waals surface area contributed by atoms with E-state index in [0.29, 0.717) is 12.0 Å². The van der Waals surface area contributed by atoms with Crippen molar-refractivity contribution in [1.29, 1.82) is 0 Å². The summed E-state index contributed by atoms with van der Waals surface area (Å²) in [6, 6.07) is 11.2. The van der Waals surface area contributed by atoms with Gasteiger partial charge in [-0.15, -0.1) is 0 Å². The molecular weight excluding hydrogens is 340 g/mol. The Morgan fingerprint density at radius 3 is 2.62 bits per heavy atom. The molecule has 1 aliphatic rings. The van der Waals surface area contributed by atoms with Crippen molar-refractivity contribution in [2.75, 3.05) is 6.54 Å². The van der Waals surface area contributed by atoms with Crippen molar-refractivity contribution in [3.8, 4) is 0 Å². The molecule has 136 valence electrons. The van der Waals surface area contributed by atoms with Crippen LogP contribution in [0.3, 0.4) is 0 Å². The molecule has 1 aliphatic carbocycles. The summed E-state index contributed by atoms with van der Waals surface area (Å²) in [5, 5.41) is 8.97. The van der Waals surface area contributed by atoms with Gasteiger partial charge in [0.05, 0.1) is 12.3 Å². The normalized spacial score (nSPS) is 15.5. The molecule has 0 aliphatic heterocycles. The zero-order valence-electron chi connectivity index (χ0n) is 14.1. The SMILES string of the molecule is O=C(O)CCN(Cc1ccc(F)c(F)c1)C(=O)C1CCc2ccccc21. The van der Waals surface area contributed by atoms with Crippen molar-refractivity contribution < 1.29 is 23.5 Å². The van der Waals surface area contributed by atoms with Gasteiger partial charge in [0.2, 0.25) is 5.91 Å². The minimum absolute atomic E-state index is 0.0197. The van der Waals surface area contributed by atoms with E-state index in [0.717, 1.165) is 29.7 Å². The van der Waals surface area contributed by atoms with Gasteiger partial charge in [-0.3, -0.25) is 9.59 Å². The number of fused-ring (bicyclic) bond motifs is 1. The molecule has 1 N–H and O–H groups in total. The van der Waals surface area contributed by atoms with Crippen LogP contribution in [0.5, 0.6) is 0 Å². The Morgan fingerprint density at radius 2 is 1.88 bits per heavy atom. The molecule has 0 radical (unpaired) electrons. The van der Waals surface area contributed by atoms with E-state index in [4.69, 9.17) is 5.11 Å². The lowest BCUT2D eigenvalue weighted by Gasteiger charge is -2.26. The van der Waals surface area contributed by atoms with Crippen LogP contribution in [0, 0.1) is 11.6 Å². The maximum Gasteiger partial charge on any atom is 0.305 e. The molecule has 0 fully saturated rings. The number of aliphatic carboxylic acids is 1. The summed E-state index contributed by atoms with van der Waals surface area (Å²) in [6.45, 7) is 0.0633. The molecule has 0 aromatic heterocycles. The Hall–Kier alpha value is -2.76. The van der Waals surface area contributed by atoms with Gasteiger partial charge in [-0.25, -0.2) is 8.78 Å². The number of halogens is 2. The molecule has 1 amide bonds. The van der Waals surface area contributed by atoms with E-state index in [1.165, 1.54) is 11.0 Å². The highest BCUT2D eigenvalue weighted by atomic mass is 19.2. The van der Waals surface area contributed by atoms with Gasteiger partial charge in [0, 0.05) is 13.1 Å². The van der Waals surface area contributed by atoms with E-state index >= 15 is 0 Å². The van der Waals surface area contributed by atoms with Gasteiger partial charge in [0.15, 0.2) is 11.6 Å². The third-order valence-electron chi connectivity index (χ3n) is 4.70. The summed E-state index contributed by atoms with van der Waals surface area (Å²) in [4.78, 5) is 25.4. The standard InChI is InChI=1S/C20H19F2NO3/c21-17-8-5-13(11-18(17)22)12-23(10-9-19(24)25)20(26)16-7-6-14-3-1-2-4-15(14)16/h1-5,8,11,16H,6-7,9-10,12H2,(H,24,25). The Kier molecular flexibility index (Phi) is 5.30. The number of carboxylic acid groups (broad SMARTS) is 1. The first-order valence-electron chi connectivity index (χ1n) is 8.48. The minimum atomic E-state index is -1.01. The topological polar surface area (TPSA) is 57.6 Å². The maximum atomic E-state index is 13.5. The lowest BCUT2D eigenvalue weighted by atomic mass is 9.99. The number of aryl methyl sites for hydroxylation is 1. The zero-order valence-corrected chi connectivity index (χ0v) is 14.1. The maximum absolute atomic E-state index is 13.5. The van der Waals surface area contributed by atoms with Gasteiger partial charge in [-0.05, 0) is 41.7 Å². The van der Waals surface area contributed by atoms with E-state index in [1.54, 1.807) is 0 Å². The Bertz CT molecular complexity index is 838. The predicted octanol–water partition coefficient (Wildman–Crippen LogP) is 3.50. The predicted molar refractivity (Wildman–Crippen MR) is 91.5 cm³/mol. The molecule has 0 saturated heterocycles. The van der Waals surface area contributed by atoms with Crippen LogP contribution in [0.1, 0.15) is 35.4 Å². The second-order valence-corrected chi connectivity index (χ2v) is 6.44. The third kappa shape index (κ3) is 3.90. The smallest absolute Gasteiger partial charge is 0.305 e. The summed E-state index contributed by atoms with van der Waals surface area (Å²) in [5.41, 5.74) is 2.51. The Balaban J connectivity index is 1.82. The van der Waals surface area contributed by atoms with Crippen LogP contribution >= 0.6 is 0 Å². The number of hydrogen-bond acceptors (Lipinski definition) is 2. The van der Waals surface area contributed by atoms with Gasteiger partial charge < -0.3 is 10.0 Å². The van der Waals surface area contributed by atoms with Crippen molar-refractivity contribution in [3.05, 3.63) is 70.8 Å². The van der Waals surface area contributed by atoms with Crippen molar-refractivity contribution in [3.63, 3.8) is 0 Å². The van der Waals surface area contributed by atoms with E-state index in [9.17, 15) is 18.4 Å². The van der Waals surface area contributed by atoms with Gasteiger partial charge in [0.1, 0.15) is 0 Å². The van der Waals surface area contributed by atoms with E-state index in [-0.39, 0.29) is 31.3 Å². The number of amides is 1. The molecule has 2 aromatic rings. The highest BCUT2D eigenvalue weighted by molar-refractivity contribution is 5.85. The monoisotopic (exact) mass is 359 g/mol. The van der Waals surface area contributed by atoms with Crippen LogP contribution in [0.25, 0.3) is 0 Å². The van der Waals surface area contributed by atoms with Gasteiger partial charge in [-0.1, -0.05) is 30.3 Å². The lowest BCUT2D eigenvalue weighted by Crippen LogP contribution is -2.35. The molecule has 26 heavy (non-hydrogen) atoms. The fourth-order valence-corrected chi connectivity index (χ4v) is 3.39. The minimum Gasteiger partial charge on any atom is -0.481 e. The van der Waals surface area contributed by atoms with Gasteiger partial charge >= 0.3 is 5.97 Å². The molecule has 6 heteroatoms. The molecule has 0 heterocycles. The van der Waals surface area contributed by atoms with E-state index in [2.05, 4.69) is 0 Å². The summed E-state index contributed by atoms with van der Waals surface area (Å²) in [5.74, 6) is -3.47. The fourth-order valence-electron chi connectivity index (χ4n) is 3.39. The van der Waals surface area contributed by atoms with Crippen LogP contribution < -0.4 is 0 Å². The Labute approximate surface area is 150 Å². The number of carbonyl (C=O) groups is 2. The lowest BCUT2D eigenvalue weighted by molar-refractivity contribution is -0.139. The van der Waals surface area contributed by atoms with Crippen LogP contribution in [0.2, 0.25) is 0 Å². The molecule has 2 aromatic carbocycles. The number of carbonyl (C=O) groups excluding carboxylic acids is 1. The Morgan fingerprint density at radius 1 is 1.12 bits per heavy atom. The third-order valence-corrected chi connectivity index (χ3v) is 4.70. The number of hydrogen-bond donors (Lipinski definition) is 1. The van der Waals surface area contributed by atoms with Crippen LogP contribution in [-0.2, 0) is 22.6 Å². The molecule has 0 saturated carbocycles. The highest BCUT2D eigenvalue weighted by Crippen LogP contribution is 2.34. The van der Waals surface area contributed by atoms with Crippen LogP contribution in [0.15, 0.2) is 42.5 Å². The quantitative estimate of drug-likeness (QED) is 0.859. The highest BCUT2D eigenvalue weighted by Gasteiger charge is 2.31. The summed E-state index contributed by atoms with van der Waals surface area (Å²) in [7, 11) is 0. The van der Waals surface area contributed by atoms with Gasteiger partial charge in [0.25, 0.3) is 0 Å². The molecule has 0 spiro atoms. The number of benzene rings is 2. The van der Waals surface area contributed by atoms with Crippen molar-refractivity contribution in [2.45, 2.75) is 31.7 Å². The molecule has 3 rings (SSSR count). The van der Waals surface area contributed by atoms with E-state index in [1.807, 2.05) is 24.3 Å². The number of carboxylic acids is 1. The largest absolute Gasteiger partial charge is 0.481 e. The second kappa shape index (κ2) is 7.64. The van der Waals surface area contributed by atoms with E-state index < -0.39 is 17.6 Å². The molecule has 0 bridgehead atoms. The van der Waals surface area contributed by atoms with Crippen molar-refractivity contribution >= 4 is 11.9 Å². The van der Waals surface area contributed by atoms with Crippen LogP contribution in [-0.4, -0.2) is 28.4 Å². The first-order chi connectivity index (χ1) is 12.5. The van der Waals surface area contributed by atoms with Crippen LogP contribution in [0.4, 0.5) is 8.78 Å². The summed E-state index contributed by atoms with van der Waals surface area (Å²) >= 11 is 0. The average molecular weight is 359 g/mol. The first kappa shape index (κ1) is 18.0. The fraction of sp³-hybridized carbons (Fsp3) is 0.300. The second-order valence-electron chi connectivity index (χ2n) is 6.44. The molecular formula is C20H19F2NO3. The summed E-state index contributed by atoms with van der Waals surface area (Å²) < 4.78 is 26.6. The summed E-state index contributed by atoms with van der Waals surface area (Å²) in [6.07, 6.45) is 1.26. The van der Waals surface area contributed by atoms with Crippen molar-refractivity contribution in [1.82, 2.24) is 4.90 Å². The number of nitrogens with zero attached hydrogens (tertiary/aromatic N) is 1.